The molecule has 102 valence electrons. The second-order valence-corrected chi connectivity index (χ2v) is 6.34. The fourth-order valence-corrected chi connectivity index (χ4v) is 4.03. The highest BCUT2D eigenvalue weighted by molar-refractivity contribution is 7.99. The molecule has 19 heavy (non-hydrogen) atoms. The molecular weight excluding hydrogens is 256 g/mol. The van der Waals surface area contributed by atoms with Gasteiger partial charge in [-0.3, -0.25) is 4.57 Å². The smallest absolute Gasteiger partial charge is 0.202 e. The molecule has 3 rings (SSSR count). The van der Waals surface area contributed by atoms with Gasteiger partial charge in [-0.2, -0.15) is 11.8 Å². The lowest BCUT2D eigenvalue weighted by Gasteiger charge is -2.31. The van der Waals surface area contributed by atoms with Crippen molar-refractivity contribution in [3.05, 3.63) is 17.8 Å². The second-order valence-electron chi connectivity index (χ2n) is 5.26. The molecule has 0 spiro atoms. The first-order valence-corrected chi connectivity index (χ1v) is 8.13. The summed E-state index contributed by atoms with van der Waals surface area (Å²) in [6, 6.07) is 4.44. The average molecular weight is 276 g/mol. The molecule has 2 aromatic rings. The number of nitrogen functional groups attached to an aromatic ring is 1. The van der Waals surface area contributed by atoms with Gasteiger partial charge in [-0.15, -0.1) is 0 Å². The predicted octanol–water partition coefficient (Wildman–Crippen LogP) is 3.17. The van der Waals surface area contributed by atoms with Gasteiger partial charge < -0.3 is 5.73 Å². The zero-order valence-electron chi connectivity index (χ0n) is 11.5. The van der Waals surface area contributed by atoms with E-state index in [9.17, 15) is 0 Å². The van der Waals surface area contributed by atoms with Crippen LogP contribution in [0.5, 0.6) is 0 Å². The molecule has 0 bridgehead atoms. The van der Waals surface area contributed by atoms with Crippen LogP contribution in [0.1, 0.15) is 37.4 Å². The number of anilines is 1. The number of rotatable bonds is 2. The van der Waals surface area contributed by atoms with Gasteiger partial charge in [0.15, 0.2) is 5.65 Å². The third kappa shape index (κ3) is 2.20. The summed E-state index contributed by atoms with van der Waals surface area (Å²) in [6.45, 7) is 2.01. The van der Waals surface area contributed by atoms with Gasteiger partial charge in [0.25, 0.3) is 0 Å². The van der Waals surface area contributed by atoms with Crippen LogP contribution < -0.4 is 5.73 Å². The highest BCUT2D eigenvalue weighted by Gasteiger charge is 2.29. The van der Waals surface area contributed by atoms with Crippen molar-refractivity contribution >= 4 is 28.9 Å². The molecule has 1 fully saturated rings. The van der Waals surface area contributed by atoms with E-state index in [-0.39, 0.29) is 0 Å². The molecule has 5 heteroatoms. The van der Waals surface area contributed by atoms with Gasteiger partial charge in [0.2, 0.25) is 5.95 Å². The van der Waals surface area contributed by atoms with Gasteiger partial charge in [-0.25, -0.2) is 9.97 Å². The largest absolute Gasteiger partial charge is 0.369 e. The van der Waals surface area contributed by atoms with E-state index in [1.54, 1.807) is 0 Å². The Morgan fingerprint density at radius 3 is 2.84 bits per heavy atom. The lowest BCUT2D eigenvalue weighted by atomic mass is 9.94. The molecule has 2 atom stereocenters. The molecule has 2 unspecified atom stereocenters. The minimum absolute atomic E-state index is 0.433. The quantitative estimate of drug-likeness (QED) is 0.915. The van der Waals surface area contributed by atoms with E-state index in [0.29, 0.717) is 17.2 Å². The number of hydrogen-bond donors (Lipinski definition) is 1. The summed E-state index contributed by atoms with van der Waals surface area (Å²) >= 11 is 1.94. The number of aromatic nitrogens is 3. The zero-order valence-corrected chi connectivity index (χ0v) is 12.3. The van der Waals surface area contributed by atoms with Gasteiger partial charge in [-0.1, -0.05) is 12.8 Å². The van der Waals surface area contributed by atoms with Crippen LogP contribution >= 0.6 is 11.8 Å². The first-order chi connectivity index (χ1) is 9.20. The molecule has 2 N–H and O–H groups in total. The number of nitrogens with zero attached hydrogens (tertiary/aromatic N) is 3. The van der Waals surface area contributed by atoms with Crippen molar-refractivity contribution < 1.29 is 0 Å². The van der Waals surface area contributed by atoms with E-state index in [2.05, 4.69) is 20.8 Å². The molecule has 1 saturated carbocycles. The maximum absolute atomic E-state index is 6.15. The Morgan fingerprint density at radius 2 is 2.05 bits per heavy atom. The standard InChI is InChI=1S/C14H20N4S/c1-9-7-8-10-13(16-9)18(14(15)17-10)11-5-3-4-6-12(11)19-2/h7-8,11-12H,3-6H2,1-2H3,(H2,15,17). The minimum Gasteiger partial charge on any atom is -0.369 e. The van der Waals surface area contributed by atoms with Crippen LogP contribution in [-0.4, -0.2) is 26.0 Å². The molecule has 2 aromatic heterocycles. The monoisotopic (exact) mass is 276 g/mol. The molecule has 1 aliphatic rings. The molecule has 0 radical (unpaired) electrons. The van der Waals surface area contributed by atoms with E-state index < -0.39 is 0 Å². The van der Waals surface area contributed by atoms with Crippen molar-refractivity contribution in [1.29, 1.82) is 0 Å². The Hall–Kier alpha value is -1.23. The Balaban J connectivity index is 2.12. The fraction of sp³-hybridized carbons (Fsp3) is 0.571. The van der Waals surface area contributed by atoms with Crippen LogP contribution in [-0.2, 0) is 0 Å². The van der Waals surface area contributed by atoms with Gasteiger partial charge in [-0.05, 0) is 38.2 Å². The molecule has 0 aromatic carbocycles. The van der Waals surface area contributed by atoms with Crippen LogP contribution in [0.3, 0.4) is 0 Å². The number of aryl methyl sites for hydroxylation is 1. The number of nitrogens with two attached hydrogens (primary N) is 1. The average Bonchev–Trinajstić information content (AvgIpc) is 2.74. The first kappa shape index (κ1) is 12.8. The zero-order chi connectivity index (χ0) is 13.4. The molecule has 1 aliphatic carbocycles. The lowest BCUT2D eigenvalue weighted by molar-refractivity contribution is 0.373. The molecule has 2 heterocycles. The van der Waals surface area contributed by atoms with Crippen LogP contribution in [0, 0.1) is 6.92 Å². The fourth-order valence-electron chi connectivity index (χ4n) is 3.06. The summed E-state index contributed by atoms with van der Waals surface area (Å²) in [5, 5.41) is 0.621. The maximum atomic E-state index is 6.15. The normalized spacial score (nSPS) is 23.9. The third-order valence-corrected chi connectivity index (χ3v) is 5.16. The molecule has 0 amide bonds. The highest BCUT2D eigenvalue weighted by atomic mass is 32.2. The van der Waals surface area contributed by atoms with E-state index in [4.69, 9.17) is 5.73 Å². The van der Waals surface area contributed by atoms with Gasteiger partial charge in [0, 0.05) is 10.9 Å². The molecule has 0 saturated heterocycles. The predicted molar refractivity (Wildman–Crippen MR) is 81.5 cm³/mol. The van der Waals surface area contributed by atoms with Crippen molar-refractivity contribution in [1.82, 2.24) is 14.5 Å². The van der Waals surface area contributed by atoms with Gasteiger partial charge in [0.05, 0.1) is 6.04 Å². The number of fused-ring (bicyclic) bond motifs is 1. The highest BCUT2D eigenvalue weighted by Crippen LogP contribution is 2.38. The van der Waals surface area contributed by atoms with Crippen molar-refractivity contribution in [2.75, 3.05) is 12.0 Å². The summed E-state index contributed by atoms with van der Waals surface area (Å²) < 4.78 is 2.17. The topological polar surface area (TPSA) is 56.7 Å². The van der Waals surface area contributed by atoms with Gasteiger partial charge >= 0.3 is 0 Å². The lowest BCUT2D eigenvalue weighted by Crippen LogP contribution is -2.26. The summed E-state index contributed by atoms with van der Waals surface area (Å²) in [5.74, 6) is 0.610. The number of imidazole rings is 1. The number of thioether (sulfide) groups is 1. The van der Waals surface area contributed by atoms with Crippen molar-refractivity contribution in [3.8, 4) is 0 Å². The Morgan fingerprint density at radius 1 is 1.26 bits per heavy atom. The number of hydrogen-bond acceptors (Lipinski definition) is 4. The third-order valence-electron chi connectivity index (χ3n) is 4.01. The molecule has 4 nitrogen and oxygen atoms in total. The van der Waals surface area contributed by atoms with Crippen molar-refractivity contribution in [3.63, 3.8) is 0 Å². The van der Waals surface area contributed by atoms with Crippen molar-refractivity contribution in [2.24, 2.45) is 0 Å². The van der Waals surface area contributed by atoms with E-state index >= 15 is 0 Å². The second kappa shape index (κ2) is 5.04. The van der Waals surface area contributed by atoms with E-state index in [1.165, 1.54) is 25.7 Å². The summed E-state index contributed by atoms with van der Waals surface area (Å²) in [7, 11) is 0. The minimum atomic E-state index is 0.433. The summed E-state index contributed by atoms with van der Waals surface area (Å²) in [6.07, 6.45) is 7.22. The van der Waals surface area contributed by atoms with E-state index in [0.717, 1.165) is 16.9 Å². The SMILES string of the molecule is CSC1CCCCC1n1c(N)nc2ccc(C)nc21. The van der Waals surface area contributed by atoms with Gasteiger partial charge in [0.1, 0.15) is 5.52 Å². The Bertz CT molecular complexity index is 592. The van der Waals surface area contributed by atoms with Crippen LogP contribution in [0.4, 0.5) is 5.95 Å². The number of pyridine rings is 1. The van der Waals surface area contributed by atoms with Crippen LogP contribution in [0.25, 0.3) is 11.2 Å². The summed E-state index contributed by atoms with van der Waals surface area (Å²) in [4.78, 5) is 9.12. The Labute approximate surface area is 117 Å². The maximum Gasteiger partial charge on any atom is 0.202 e. The molecule has 0 aliphatic heterocycles. The Kier molecular flexibility index (Phi) is 3.39. The van der Waals surface area contributed by atoms with Crippen molar-refractivity contribution in [2.45, 2.75) is 43.9 Å². The van der Waals surface area contributed by atoms with Crippen LogP contribution in [0.15, 0.2) is 12.1 Å². The van der Waals surface area contributed by atoms with E-state index in [1.807, 2.05) is 30.8 Å². The molecular formula is C14H20N4S. The van der Waals surface area contributed by atoms with Crippen LogP contribution in [0.2, 0.25) is 0 Å². The summed E-state index contributed by atoms with van der Waals surface area (Å²) in [5.41, 5.74) is 9.03. The first-order valence-electron chi connectivity index (χ1n) is 6.84.